The summed E-state index contributed by atoms with van der Waals surface area (Å²) in [6.07, 6.45) is 8.81. The van der Waals surface area contributed by atoms with Gasteiger partial charge >= 0.3 is 0 Å². The van der Waals surface area contributed by atoms with E-state index in [1.807, 2.05) is 29.4 Å². The van der Waals surface area contributed by atoms with Gasteiger partial charge in [-0.15, -0.1) is 0 Å². The van der Waals surface area contributed by atoms with Crippen molar-refractivity contribution >= 4 is 5.91 Å². The lowest BCUT2D eigenvalue weighted by molar-refractivity contribution is 0.0704. The topological polar surface area (TPSA) is 49.3 Å². The summed E-state index contributed by atoms with van der Waals surface area (Å²) < 4.78 is 0. The van der Waals surface area contributed by atoms with Gasteiger partial charge in [0.15, 0.2) is 0 Å². The number of pyridine rings is 2. The van der Waals surface area contributed by atoms with Gasteiger partial charge in [0.2, 0.25) is 0 Å². The molecular weight excluding hydrogens is 288 g/mol. The molecule has 0 N–H and O–H groups in total. The number of hydrogen-bond acceptors (Lipinski definition) is 4. The van der Waals surface area contributed by atoms with Crippen LogP contribution in [0.15, 0.2) is 49.1 Å². The molecule has 1 saturated heterocycles. The maximum atomic E-state index is 12.9. The molecule has 0 saturated carbocycles. The molecule has 0 unspecified atom stereocenters. The zero-order valence-corrected chi connectivity index (χ0v) is 13.6. The smallest absolute Gasteiger partial charge is 0.254 e. The number of likely N-dealkylation sites (N-methyl/N-ethyl adjacent to an activating group) is 1. The monoisotopic (exact) mass is 310 g/mol. The number of carbonyl (C=O) groups is 1. The minimum absolute atomic E-state index is 0.0933. The number of hydrogen-bond donors (Lipinski definition) is 0. The molecule has 0 aromatic carbocycles. The molecule has 1 aliphatic heterocycles. The molecule has 0 bridgehead atoms. The van der Waals surface area contributed by atoms with Gasteiger partial charge in [-0.1, -0.05) is 0 Å². The number of aromatic nitrogens is 2. The lowest BCUT2D eigenvalue weighted by Crippen LogP contribution is -2.45. The molecule has 1 fully saturated rings. The lowest BCUT2D eigenvalue weighted by atomic mass is 9.99. The Labute approximate surface area is 137 Å². The van der Waals surface area contributed by atoms with E-state index in [2.05, 4.69) is 29.0 Å². The van der Waals surface area contributed by atoms with Crippen molar-refractivity contribution in [3.05, 3.63) is 60.2 Å². The number of amides is 1. The van der Waals surface area contributed by atoms with Crippen LogP contribution in [-0.2, 0) is 6.42 Å². The summed E-state index contributed by atoms with van der Waals surface area (Å²) in [5.74, 6) is 0.0933. The number of rotatable bonds is 4. The number of nitrogens with zero attached hydrogens (tertiary/aromatic N) is 4. The van der Waals surface area contributed by atoms with Crippen molar-refractivity contribution in [2.45, 2.75) is 24.9 Å². The largest absolute Gasteiger partial charge is 0.334 e. The average Bonchev–Trinajstić information content (AvgIpc) is 2.99. The highest BCUT2D eigenvalue weighted by Gasteiger charge is 2.38. The van der Waals surface area contributed by atoms with Gasteiger partial charge in [-0.3, -0.25) is 14.8 Å². The first kappa shape index (κ1) is 15.6. The van der Waals surface area contributed by atoms with E-state index >= 15 is 0 Å². The Balaban J connectivity index is 1.85. The van der Waals surface area contributed by atoms with Crippen LogP contribution in [0.4, 0.5) is 0 Å². The van der Waals surface area contributed by atoms with Gasteiger partial charge in [0.05, 0.1) is 6.04 Å². The first-order valence-corrected chi connectivity index (χ1v) is 7.93. The zero-order valence-electron chi connectivity index (χ0n) is 13.6. The molecule has 120 valence electrons. The van der Waals surface area contributed by atoms with E-state index in [0.29, 0.717) is 11.6 Å². The van der Waals surface area contributed by atoms with E-state index in [0.717, 1.165) is 19.4 Å². The highest BCUT2D eigenvalue weighted by molar-refractivity contribution is 5.94. The molecule has 1 amide bonds. The summed E-state index contributed by atoms with van der Waals surface area (Å²) in [5, 5.41) is 0. The van der Waals surface area contributed by atoms with Crippen molar-refractivity contribution < 1.29 is 4.79 Å². The van der Waals surface area contributed by atoms with Gasteiger partial charge in [-0.2, -0.15) is 0 Å². The van der Waals surface area contributed by atoms with Gasteiger partial charge in [0, 0.05) is 42.9 Å². The standard InChI is InChI=1S/C18H22N4O/c1-21(2)16-7-12-22(18(23)15-5-10-20-11-6-15)17(16)13-14-3-8-19-9-4-14/h3-6,8-11,16-17H,7,12-13H2,1-2H3/t16-,17+/m1/s1. The van der Waals surface area contributed by atoms with E-state index < -0.39 is 0 Å². The summed E-state index contributed by atoms with van der Waals surface area (Å²) in [5.41, 5.74) is 1.92. The molecule has 5 heteroatoms. The molecule has 23 heavy (non-hydrogen) atoms. The SMILES string of the molecule is CN(C)[C@@H]1CCN(C(=O)c2ccncc2)[C@H]1Cc1ccncc1. The molecule has 0 aliphatic carbocycles. The maximum Gasteiger partial charge on any atom is 0.254 e. The Morgan fingerprint density at radius 2 is 1.74 bits per heavy atom. The van der Waals surface area contributed by atoms with Crippen LogP contribution in [0.1, 0.15) is 22.3 Å². The molecule has 1 aliphatic rings. The predicted octanol–water partition coefficient (Wildman–Crippen LogP) is 1.86. The van der Waals surface area contributed by atoms with Gasteiger partial charge in [-0.05, 0) is 56.8 Å². The Kier molecular flexibility index (Phi) is 4.67. The van der Waals surface area contributed by atoms with Crippen LogP contribution in [0.2, 0.25) is 0 Å². The minimum atomic E-state index is 0.0933. The molecule has 3 rings (SSSR count). The summed E-state index contributed by atoms with van der Waals surface area (Å²) in [6, 6.07) is 8.17. The Hall–Kier alpha value is -2.27. The van der Waals surface area contributed by atoms with Crippen LogP contribution in [-0.4, -0.2) is 58.4 Å². The van der Waals surface area contributed by atoms with Crippen LogP contribution in [0.5, 0.6) is 0 Å². The number of likely N-dealkylation sites (tertiary alicyclic amines) is 1. The van der Waals surface area contributed by atoms with E-state index in [4.69, 9.17) is 0 Å². The van der Waals surface area contributed by atoms with E-state index in [1.165, 1.54) is 5.56 Å². The van der Waals surface area contributed by atoms with Gasteiger partial charge in [0.25, 0.3) is 5.91 Å². The minimum Gasteiger partial charge on any atom is -0.334 e. The molecule has 3 heterocycles. The molecule has 2 atom stereocenters. The Morgan fingerprint density at radius 3 is 2.35 bits per heavy atom. The summed E-state index contributed by atoms with van der Waals surface area (Å²) in [7, 11) is 4.18. The summed E-state index contributed by atoms with van der Waals surface area (Å²) in [4.78, 5) is 25.2. The van der Waals surface area contributed by atoms with Crippen LogP contribution in [0.25, 0.3) is 0 Å². The van der Waals surface area contributed by atoms with E-state index in [-0.39, 0.29) is 11.9 Å². The molecule has 5 nitrogen and oxygen atoms in total. The summed E-state index contributed by atoms with van der Waals surface area (Å²) >= 11 is 0. The normalized spacial score (nSPS) is 20.9. The molecular formula is C18H22N4O. The molecule has 2 aromatic heterocycles. The fourth-order valence-corrected chi connectivity index (χ4v) is 3.36. The fraction of sp³-hybridized carbons (Fsp3) is 0.389. The molecule has 0 spiro atoms. The van der Waals surface area contributed by atoms with Gasteiger partial charge in [0.1, 0.15) is 0 Å². The van der Waals surface area contributed by atoms with Crippen molar-refractivity contribution in [3.8, 4) is 0 Å². The second-order valence-electron chi connectivity index (χ2n) is 6.18. The Morgan fingerprint density at radius 1 is 1.13 bits per heavy atom. The first-order valence-electron chi connectivity index (χ1n) is 7.93. The summed E-state index contributed by atoms with van der Waals surface area (Å²) in [6.45, 7) is 0.791. The fourth-order valence-electron chi connectivity index (χ4n) is 3.36. The van der Waals surface area contributed by atoms with Gasteiger partial charge in [-0.25, -0.2) is 0 Å². The zero-order chi connectivity index (χ0) is 16.2. The van der Waals surface area contributed by atoms with Crippen molar-refractivity contribution in [1.29, 1.82) is 0 Å². The van der Waals surface area contributed by atoms with Crippen molar-refractivity contribution in [1.82, 2.24) is 19.8 Å². The van der Waals surface area contributed by atoms with Crippen LogP contribution in [0, 0.1) is 0 Å². The lowest BCUT2D eigenvalue weighted by Gasteiger charge is -2.31. The first-order chi connectivity index (χ1) is 11.2. The van der Waals surface area contributed by atoms with E-state index in [9.17, 15) is 4.79 Å². The highest BCUT2D eigenvalue weighted by Crippen LogP contribution is 2.26. The third kappa shape index (κ3) is 3.40. The third-order valence-electron chi connectivity index (χ3n) is 4.56. The van der Waals surface area contributed by atoms with Gasteiger partial charge < -0.3 is 9.80 Å². The second kappa shape index (κ2) is 6.87. The van der Waals surface area contributed by atoms with Crippen molar-refractivity contribution in [2.24, 2.45) is 0 Å². The average molecular weight is 310 g/mol. The second-order valence-corrected chi connectivity index (χ2v) is 6.18. The molecule has 2 aromatic rings. The third-order valence-corrected chi connectivity index (χ3v) is 4.56. The Bertz CT molecular complexity index is 645. The van der Waals surface area contributed by atoms with E-state index in [1.54, 1.807) is 24.5 Å². The van der Waals surface area contributed by atoms with Crippen LogP contribution < -0.4 is 0 Å². The van der Waals surface area contributed by atoms with Crippen LogP contribution >= 0.6 is 0 Å². The highest BCUT2D eigenvalue weighted by atomic mass is 16.2. The van der Waals surface area contributed by atoms with Crippen LogP contribution in [0.3, 0.4) is 0 Å². The quantitative estimate of drug-likeness (QED) is 0.865. The van der Waals surface area contributed by atoms with Crippen molar-refractivity contribution in [2.75, 3.05) is 20.6 Å². The molecule has 0 radical (unpaired) electrons. The van der Waals surface area contributed by atoms with Crippen molar-refractivity contribution in [3.63, 3.8) is 0 Å². The number of carbonyl (C=O) groups excluding carboxylic acids is 1. The predicted molar refractivity (Wildman–Crippen MR) is 89.1 cm³/mol. The maximum absolute atomic E-state index is 12.9.